The lowest BCUT2D eigenvalue weighted by Gasteiger charge is -2.35. The average Bonchev–Trinajstić information content (AvgIpc) is 2.67. The number of nitrogens with one attached hydrogen (secondary N) is 1. The van der Waals surface area contributed by atoms with Gasteiger partial charge in [-0.15, -0.1) is 0 Å². The molecule has 1 fully saturated rings. The second-order valence-corrected chi connectivity index (χ2v) is 6.99. The lowest BCUT2D eigenvalue weighted by molar-refractivity contribution is -0.134. The molecular formula is C21H27N3O2. The molecule has 0 bridgehead atoms. The highest BCUT2D eigenvalue weighted by Gasteiger charge is 2.25. The highest BCUT2D eigenvalue weighted by molar-refractivity contribution is 5.77. The molecular weight excluding hydrogens is 326 g/mol. The highest BCUT2D eigenvalue weighted by Crippen LogP contribution is 2.21. The van der Waals surface area contributed by atoms with E-state index in [0.29, 0.717) is 36.0 Å². The van der Waals surface area contributed by atoms with E-state index in [2.05, 4.69) is 16.9 Å². The van der Waals surface area contributed by atoms with Crippen LogP contribution in [-0.2, 0) is 11.2 Å². The Hall–Kier alpha value is -2.43. The summed E-state index contributed by atoms with van der Waals surface area (Å²) < 4.78 is 0. The third-order valence-corrected chi connectivity index (χ3v) is 5.28. The van der Waals surface area contributed by atoms with Gasteiger partial charge < -0.3 is 9.88 Å². The predicted molar refractivity (Wildman–Crippen MR) is 103 cm³/mol. The largest absolute Gasteiger partial charge is 0.340 e. The molecule has 0 saturated carbocycles. The predicted octanol–water partition coefficient (Wildman–Crippen LogP) is 3.47. The van der Waals surface area contributed by atoms with Crippen molar-refractivity contribution in [3.63, 3.8) is 0 Å². The second kappa shape index (κ2) is 8.30. The number of rotatable bonds is 5. The molecule has 138 valence electrons. The molecule has 0 unspecified atom stereocenters. The Morgan fingerprint density at radius 3 is 2.73 bits per heavy atom. The molecule has 1 aromatic carbocycles. The number of aromatic amines is 1. The summed E-state index contributed by atoms with van der Waals surface area (Å²) in [5.74, 6) is 0.729. The van der Waals surface area contributed by atoms with Crippen LogP contribution in [0.4, 0.5) is 0 Å². The summed E-state index contributed by atoms with van der Waals surface area (Å²) in [5.41, 5.74) is 2.05. The first kappa shape index (κ1) is 18.4. The van der Waals surface area contributed by atoms with E-state index in [1.807, 2.05) is 42.2 Å². The first-order valence-electron chi connectivity index (χ1n) is 9.54. The summed E-state index contributed by atoms with van der Waals surface area (Å²) in [6.45, 7) is 4.83. The molecule has 2 aromatic rings. The van der Waals surface area contributed by atoms with Crippen LogP contribution in [0.3, 0.4) is 0 Å². The van der Waals surface area contributed by atoms with Gasteiger partial charge in [-0.3, -0.25) is 9.59 Å². The van der Waals surface area contributed by atoms with Gasteiger partial charge in [-0.2, -0.15) is 0 Å². The second-order valence-electron chi connectivity index (χ2n) is 6.99. The van der Waals surface area contributed by atoms with Crippen LogP contribution in [0, 0.1) is 6.92 Å². The Kier molecular flexibility index (Phi) is 5.86. The number of aryl methyl sites for hydroxylation is 1. The number of carbonyl (C=O) groups excluding carboxylic acids is 1. The fraction of sp³-hybridized carbons (Fsp3) is 0.476. The Morgan fingerprint density at radius 2 is 2.04 bits per heavy atom. The molecule has 1 atom stereocenters. The Morgan fingerprint density at radius 1 is 1.27 bits per heavy atom. The Labute approximate surface area is 154 Å². The van der Waals surface area contributed by atoms with Crippen molar-refractivity contribution in [1.29, 1.82) is 0 Å². The van der Waals surface area contributed by atoms with Crippen LogP contribution < -0.4 is 5.56 Å². The molecule has 2 heterocycles. The lowest BCUT2D eigenvalue weighted by Crippen LogP contribution is -2.43. The monoisotopic (exact) mass is 353 g/mol. The minimum absolute atomic E-state index is 0.144. The van der Waals surface area contributed by atoms with Crippen LogP contribution in [-0.4, -0.2) is 33.4 Å². The molecule has 1 saturated heterocycles. The van der Waals surface area contributed by atoms with E-state index >= 15 is 0 Å². The highest BCUT2D eigenvalue weighted by atomic mass is 16.2. The smallest absolute Gasteiger partial charge is 0.254 e. The number of H-pyrrole nitrogens is 1. The van der Waals surface area contributed by atoms with Crippen molar-refractivity contribution in [2.75, 3.05) is 6.54 Å². The molecule has 0 radical (unpaired) electrons. The first-order valence-corrected chi connectivity index (χ1v) is 9.54. The SMILES string of the molecule is CC[C@H]1CCCCN1C(=O)CCc1c(C)nc(-c2ccccc2)[nH]c1=O. The fourth-order valence-corrected chi connectivity index (χ4v) is 3.77. The summed E-state index contributed by atoms with van der Waals surface area (Å²) in [6.07, 6.45) is 5.18. The van der Waals surface area contributed by atoms with Crippen molar-refractivity contribution in [3.8, 4) is 11.4 Å². The van der Waals surface area contributed by atoms with Gasteiger partial charge in [0, 0.05) is 35.8 Å². The van der Waals surface area contributed by atoms with Crippen LogP contribution in [0.15, 0.2) is 35.1 Å². The zero-order valence-electron chi connectivity index (χ0n) is 15.6. The molecule has 0 spiro atoms. The number of hydrogen-bond donors (Lipinski definition) is 1. The van der Waals surface area contributed by atoms with Crippen molar-refractivity contribution < 1.29 is 4.79 Å². The van der Waals surface area contributed by atoms with Gasteiger partial charge in [-0.05, 0) is 39.0 Å². The molecule has 1 N–H and O–H groups in total. The van der Waals surface area contributed by atoms with Gasteiger partial charge in [0.2, 0.25) is 5.91 Å². The summed E-state index contributed by atoms with van der Waals surface area (Å²) in [6, 6.07) is 9.96. The Bertz CT molecular complexity index is 814. The normalized spacial score (nSPS) is 17.3. The topological polar surface area (TPSA) is 66.1 Å². The van der Waals surface area contributed by atoms with Gasteiger partial charge in [0.15, 0.2) is 0 Å². The van der Waals surface area contributed by atoms with Crippen molar-refractivity contribution >= 4 is 5.91 Å². The minimum atomic E-state index is -0.144. The van der Waals surface area contributed by atoms with Gasteiger partial charge >= 0.3 is 0 Å². The van der Waals surface area contributed by atoms with Crippen molar-refractivity contribution in [3.05, 3.63) is 51.9 Å². The number of aromatic nitrogens is 2. The Balaban J connectivity index is 1.72. The molecule has 0 aliphatic carbocycles. The number of nitrogens with zero attached hydrogens (tertiary/aromatic N) is 2. The minimum Gasteiger partial charge on any atom is -0.340 e. The van der Waals surface area contributed by atoms with Crippen molar-refractivity contribution in [2.45, 2.75) is 58.4 Å². The first-order chi connectivity index (χ1) is 12.6. The molecule has 26 heavy (non-hydrogen) atoms. The fourth-order valence-electron chi connectivity index (χ4n) is 3.77. The zero-order chi connectivity index (χ0) is 18.5. The molecule has 5 nitrogen and oxygen atoms in total. The molecule has 1 aliphatic heterocycles. The molecule has 3 rings (SSSR count). The number of hydrogen-bond acceptors (Lipinski definition) is 3. The molecule has 1 aliphatic rings. The van der Waals surface area contributed by atoms with E-state index in [9.17, 15) is 9.59 Å². The van der Waals surface area contributed by atoms with Gasteiger partial charge in [0.1, 0.15) is 5.82 Å². The summed E-state index contributed by atoms with van der Waals surface area (Å²) in [4.78, 5) is 34.6. The molecule has 1 aromatic heterocycles. The maximum atomic E-state index is 12.6. The van der Waals surface area contributed by atoms with E-state index in [0.717, 1.165) is 31.4 Å². The van der Waals surface area contributed by atoms with Gasteiger partial charge in [0.25, 0.3) is 5.56 Å². The number of likely N-dealkylation sites (tertiary alicyclic amines) is 1. The zero-order valence-corrected chi connectivity index (χ0v) is 15.6. The average molecular weight is 353 g/mol. The van der Waals surface area contributed by atoms with E-state index in [4.69, 9.17) is 0 Å². The number of benzene rings is 1. The van der Waals surface area contributed by atoms with Crippen LogP contribution in [0.25, 0.3) is 11.4 Å². The number of carbonyl (C=O) groups is 1. The number of amides is 1. The van der Waals surface area contributed by atoms with Gasteiger partial charge in [-0.25, -0.2) is 4.98 Å². The third-order valence-electron chi connectivity index (χ3n) is 5.28. The van der Waals surface area contributed by atoms with E-state index in [-0.39, 0.29) is 11.5 Å². The van der Waals surface area contributed by atoms with E-state index in [1.165, 1.54) is 6.42 Å². The maximum Gasteiger partial charge on any atom is 0.254 e. The number of piperidine rings is 1. The van der Waals surface area contributed by atoms with E-state index < -0.39 is 0 Å². The van der Waals surface area contributed by atoms with E-state index in [1.54, 1.807) is 0 Å². The van der Waals surface area contributed by atoms with Crippen LogP contribution in [0.2, 0.25) is 0 Å². The summed E-state index contributed by atoms with van der Waals surface area (Å²) >= 11 is 0. The van der Waals surface area contributed by atoms with Gasteiger partial charge in [0.05, 0.1) is 0 Å². The maximum absolute atomic E-state index is 12.6. The summed E-state index contributed by atoms with van der Waals surface area (Å²) in [7, 11) is 0. The quantitative estimate of drug-likeness (QED) is 0.895. The van der Waals surface area contributed by atoms with Crippen LogP contribution >= 0.6 is 0 Å². The van der Waals surface area contributed by atoms with Crippen molar-refractivity contribution in [1.82, 2.24) is 14.9 Å². The van der Waals surface area contributed by atoms with Gasteiger partial charge in [-0.1, -0.05) is 37.3 Å². The third kappa shape index (κ3) is 4.03. The lowest BCUT2D eigenvalue weighted by atomic mass is 9.99. The summed E-state index contributed by atoms with van der Waals surface area (Å²) in [5, 5.41) is 0. The van der Waals surface area contributed by atoms with Crippen LogP contribution in [0.1, 0.15) is 50.3 Å². The van der Waals surface area contributed by atoms with Crippen LogP contribution in [0.5, 0.6) is 0 Å². The standard InChI is InChI=1S/C21H27N3O2/c1-3-17-11-7-8-14-24(17)19(25)13-12-18-15(2)22-20(23-21(18)26)16-9-5-4-6-10-16/h4-6,9-10,17H,3,7-8,11-14H2,1-2H3,(H,22,23,26)/t17-/m0/s1. The van der Waals surface area contributed by atoms with Crippen molar-refractivity contribution in [2.24, 2.45) is 0 Å². The molecule has 1 amide bonds. The molecule has 5 heteroatoms.